The van der Waals surface area contributed by atoms with Gasteiger partial charge in [-0.25, -0.2) is 4.68 Å². The van der Waals surface area contributed by atoms with Crippen LogP contribution < -0.4 is 5.73 Å². The first kappa shape index (κ1) is 14.7. The van der Waals surface area contributed by atoms with Crippen molar-refractivity contribution in [2.24, 2.45) is 5.73 Å². The fraction of sp³-hybridized carbons (Fsp3) is 0.286. The number of carbonyl (C=O) groups is 1. The van der Waals surface area contributed by atoms with Gasteiger partial charge in [-0.1, -0.05) is 22.0 Å². The summed E-state index contributed by atoms with van der Waals surface area (Å²) in [7, 11) is 3.41. The van der Waals surface area contributed by atoms with E-state index in [1.54, 1.807) is 31.0 Å². The highest BCUT2D eigenvalue weighted by atomic mass is 79.9. The lowest BCUT2D eigenvalue weighted by Gasteiger charge is -2.10. The van der Waals surface area contributed by atoms with Gasteiger partial charge in [-0.2, -0.15) is 5.10 Å². The van der Waals surface area contributed by atoms with E-state index in [-0.39, 0.29) is 11.9 Å². The molecule has 0 saturated heterocycles. The van der Waals surface area contributed by atoms with Gasteiger partial charge in [0.15, 0.2) is 5.69 Å². The van der Waals surface area contributed by atoms with Gasteiger partial charge in [0.1, 0.15) is 0 Å². The number of nitrogens with zero attached hydrogens (tertiary/aromatic N) is 3. The van der Waals surface area contributed by atoms with E-state index in [2.05, 4.69) is 21.0 Å². The standard InChI is InChI=1S/C14H17BrN4O/c1-9(16)11-5-4-10(8-12(11)15)19-7-6-13(17-19)14(20)18(2)3/h4-9H,16H2,1-3H3/t9-/m0/s1. The minimum absolute atomic E-state index is 0.0399. The molecule has 20 heavy (non-hydrogen) atoms. The lowest BCUT2D eigenvalue weighted by molar-refractivity contribution is 0.0821. The van der Waals surface area contributed by atoms with Crippen LogP contribution in [-0.4, -0.2) is 34.7 Å². The summed E-state index contributed by atoms with van der Waals surface area (Å²) in [6.45, 7) is 1.93. The van der Waals surface area contributed by atoms with Gasteiger partial charge >= 0.3 is 0 Å². The molecule has 0 bridgehead atoms. The highest BCUT2D eigenvalue weighted by Gasteiger charge is 2.13. The number of hydrogen-bond donors (Lipinski definition) is 1. The molecule has 2 N–H and O–H groups in total. The Bertz CT molecular complexity index is 634. The van der Waals surface area contributed by atoms with E-state index in [0.29, 0.717) is 5.69 Å². The van der Waals surface area contributed by atoms with Gasteiger partial charge in [-0.05, 0) is 30.7 Å². The Labute approximate surface area is 126 Å². The Morgan fingerprint density at radius 2 is 2.10 bits per heavy atom. The van der Waals surface area contributed by atoms with Crippen molar-refractivity contribution < 1.29 is 4.79 Å². The molecule has 0 aliphatic carbocycles. The van der Waals surface area contributed by atoms with Crippen LogP contribution in [0.25, 0.3) is 5.69 Å². The van der Waals surface area contributed by atoms with Crippen molar-refractivity contribution in [2.45, 2.75) is 13.0 Å². The number of nitrogens with two attached hydrogens (primary N) is 1. The Balaban J connectivity index is 2.33. The molecule has 0 saturated carbocycles. The van der Waals surface area contributed by atoms with Gasteiger partial charge < -0.3 is 10.6 Å². The Morgan fingerprint density at radius 3 is 2.65 bits per heavy atom. The summed E-state index contributed by atoms with van der Waals surface area (Å²) in [4.78, 5) is 13.3. The van der Waals surface area contributed by atoms with Gasteiger partial charge in [0.05, 0.1) is 5.69 Å². The number of hydrogen-bond acceptors (Lipinski definition) is 3. The van der Waals surface area contributed by atoms with Crippen LogP contribution in [0.3, 0.4) is 0 Å². The Hall–Kier alpha value is -1.66. The molecule has 0 aliphatic heterocycles. The smallest absolute Gasteiger partial charge is 0.273 e. The minimum atomic E-state index is -0.116. The highest BCUT2D eigenvalue weighted by Crippen LogP contribution is 2.24. The quantitative estimate of drug-likeness (QED) is 0.935. The van der Waals surface area contributed by atoms with Crippen molar-refractivity contribution in [1.82, 2.24) is 14.7 Å². The second-order valence-electron chi connectivity index (χ2n) is 4.84. The summed E-state index contributed by atoms with van der Waals surface area (Å²) < 4.78 is 2.60. The van der Waals surface area contributed by atoms with E-state index in [1.165, 1.54) is 4.90 Å². The first-order valence-electron chi connectivity index (χ1n) is 6.23. The highest BCUT2D eigenvalue weighted by molar-refractivity contribution is 9.10. The normalized spacial score (nSPS) is 12.2. The molecule has 0 aliphatic rings. The number of carbonyl (C=O) groups excluding carboxylic acids is 1. The summed E-state index contributed by atoms with van der Waals surface area (Å²) in [5.41, 5.74) is 8.20. The first-order chi connectivity index (χ1) is 9.40. The molecule has 1 aromatic heterocycles. The Morgan fingerprint density at radius 1 is 1.40 bits per heavy atom. The van der Waals surface area contributed by atoms with Crippen molar-refractivity contribution in [1.29, 1.82) is 0 Å². The third kappa shape index (κ3) is 2.91. The SMILES string of the molecule is C[C@H](N)c1ccc(-n2ccc(C(=O)N(C)C)n2)cc1Br. The molecule has 0 spiro atoms. The molecule has 0 fully saturated rings. The second-order valence-corrected chi connectivity index (χ2v) is 5.69. The van der Waals surface area contributed by atoms with Gasteiger partial charge in [-0.3, -0.25) is 4.79 Å². The zero-order chi connectivity index (χ0) is 14.9. The molecule has 1 aromatic carbocycles. The molecular formula is C14H17BrN4O. The molecule has 0 radical (unpaired) electrons. The monoisotopic (exact) mass is 336 g/mol. The average molecular weight is 337 g/mol. The van der Waals surface area contributed by atoms with Gasteiger partial charge in [0.2, 0.25) is 0 Å². The predicted molar refractivity (Wildman–Crippen MR) is 81.9 cm³/mol. The zero-order valence-corrected chi connectivity index (χ0v) is 13.3. The maximum absolute atomic E-state index is 11.8. The molecule has 2 aromatic rings. The molecule has 2 rings (SSSR count). The third-order valence-corrected chi connectivity index (χ3v) is 3.64. The van der Waals surface area contributed by atoms with E-state index >= 15 is 0 Å². The lowest BCUT2D eigenvalue weighted by atomic mass is 10.1. The number of rotatable bonds is 3. The van der Waals surface area contributed by atoms with Crippen LogP contribution >= 0.6 is 15.9 Å². The van der Waals surface area contributed by atoms with Gasteiger partial charge in [0.25, 0.3) is 5.91 Å². The predicted octanol–water partition coefficient (Wildman–Crippen LogP) is 2.36. The van der Waals surface area contributed by atoms with Crippen LogP contribution in [0, 0.1) is 0 Å². The molecule has 1 heterocycles. The van der Waals surface area contributed by atoms with Crippen LogP contribution in [0.1, 0.15) is 29.0 Å². The summed E-state index contributed by atoms with van der Waals surface area (Å²) in [5, 5.41) is 4.29. The van der Waals surface area contributed by atoms with Crippen molar-refractivity contribution >= 4 is 21.8 Å². The zero-order valence-electron chi connectivity index (χ0n) is 11.7. The van der Waals surface area contributed by atoms with E-state index in [4.69, 9.17) is 5.73 Å². The van der Waals surface area contributed by atoms with Crippen molar-refractivity contribution in [3.8, 4) is 5.69 Å². The van der Waals surface area contributed by atoms with Crippen LogP contribution in [0.4, 0.5) is 0 Å². The number of aromatic nitrogens is 2. The maximum Gasteiger partial charge on any atom is 0.273 e. The Kier molecular flexibility index (Phi) is 4.25. The third-order valence-electron chi connectivity index (χ3n) is 2.95. The lowest BCUT2D eigenvalue weighted by Crippen LogP contribution is -2.22. The van der Waals surface area contributed by atoms with Gasteiger partial charge in [-0.15, -0.1) is 0 Å². The molecule has 106 valence electrons. The van der Waals surface area contributed by atoms with Crippen molar-refractivity contribution in [3.05, 3.63) is 46.2 Å². The van der Waals surface area contributed by atoms with Crippen molar-refractivity contribution in [3.63, 3.8) is 0 Å². The van der Waals surface area contributed by atoms with Crippen LogP contribution in [0.15, 0.2) is 34.9 Å². The van der Waals surface area contributed by atoms with E-state index in [9.17, 15) is 4.79 Å². The molecule has 5 nitrogen and oxygen atoms in total. The summed E-state index contributed by atoms with van der Waals surface area (Å²) in [6.07, 6.45) is 1.77. The average Bonchev–Trinajstić information content (AvgIpc) is 2.86. The van der Waals surface area contributed by atoms with Crippen LogP contribution in [0.2, 0.25) is 0 Å². The summed E-state index contributed by atoms with van der Waals surface area (Å²) in [6, 6.07) is 7.49. The number of benzene rings is 1. The summed E-state index contributed by atoms with van der Waals surface area (Å²) >= 11 is 3.51. The van der Waals surface area contributed by atoms with Gasteiger partial charge in [0, 0.05) is 30.8 Å². The molecular weight excluding hydrogens is 320 g/mol. The second kappa shape index (κ2) is 5.76. The maximum atomic E-state index is 11.8. The fourth-order valence-corrected chi connectivity index (χ4v) is 2.57. The largest absolute Gasteiger partial charge is 0.343 e. The van der Waals surface area contributed by atoms with Crippen LogP contribution in [-0.2, 0) is 0 Å². The topological polar surface area (TPSA) is 64.2 Å². The number of amides is 1. The molecule has 0 unspecified atom stereocenters. The first-order valence-corrected chi connectivity index (χ1v) is 7.02. The number of halogens is 1. The summed E-state index contributed by atoms with van der Waals surface area (Å²) in [5.74, 6) is -0.116. The molecule has 1 amide bonds. The van der Waals surface area contributed by atoms with E-state index in [1.807, 2.05) is 25.1 Å². The minimum Gasteiger partial charge on any atom is -0.343 e. The fourth-order valence-electron chi connectivity index (χ4n) is 1.84. The van der Waals surface area contributed by atoms with Crippen molar-refractivity contribution in [2.75, 3.05) is 14.1 Å². The van der Waals surface area contributed by atoms with E-state index in [0.717, 1.165) is 15.7 Å². The van der Waals surface area contributed by atoms with E-state index < -0.39 is 0 Å². The molecule has 6 heteroatoms. The molecule has 1 atom stereocenters. The van der Waals surface area contributed by atoms with Crippen LogP contribution in [0.5, 0.6) is 0 Å².